The summed E-state index contributed by atoms with van der Waals surface area (Å²) in [6.45, 7) is 8.43. The fourth-order valence-corrected chi connectivity index (χ4v) is 2.05. The molecule has 18 heavy (non-hydrogen) atoms. The molecule has 2 rings (SSSR count). The molecule has 0 saturated carbocycles. The van der Waals surface area contributed by atoms with Gasteiger partial charge in [0.2, 0.25) is 6.79 Å². The van der Waals surface area contributed by atoms with Gasteiger partial charge in [-0.15, -0.1) is 0 Å². The first-order chi connectivity index (χ1) is 8.52. The molecule has 0 unspecified atom stereocenters. The van der Waals surface area contributed by atoms with Crippen LogP contribution in [0.1, 0.15) is 25.8 Å². The summed E-state index contributed by atoms with van der Waals surface area (Å²) < 4.78 is 10.7. The second kappa shape index (κ2) is 5.06. The first-order valence-corrected chi connectivity index (χ1v) is 6.36. The van der Waals surface area contributed by atoms with Gasteiger partial charge in [0.15, 0.2) is 11.5 Å². The Labute approximate surface area is 108 Å². The monoisotopic (exact) mass is 250 g/mol. The van der Waals surface area contributed by atoms with Crippen molar-refractivity contribution in [1.82, 2.24) is 0 Å². The number of fused-ring (bicyclic) bond motifs is 1. The average molecular weight is 250 g/mol. The first kappa shape index (κ1) is 13.0. The van der Waals surface area contributed by atoms with E-state index in [1.54, 1.807) is 0 Å². The van der Waals surface area contributed by atoms with E-state index in [1.807, 2.05) is 12.1 Å². The molecule has 0 bridgehead atoms. The van der Waals surface area contributed by atoms with E-state index in [0.29, 0.717) is 6.79 Å². The van der Waals surface area contributed by atoms with Gasteiger partial charge >= 0.3 is 0 Å². The van der Waals surface area contributed by atoms with Gasteiger partial charge in [0.1, 0.15) is 0 Å². The number of benzene rings is 1. The minimum atomic E-state index is 0.192. The number of ether oxygens (including phenoxy) is 2. The minimum absolute atomic E-state index is 0.192. The van der Waals surface area contributed by atoms with Crippen molar-refractivity contribution < 1.29 is 9.47 Å². The van der Waals surface area contributed by atoms with Crippen LogP contribution in [0, 0.1) is 12.3 Å². The zero-order valence-corrected chi connectivity index (χ0v) is 11.4. The number of anilines is 1. The van der Waals surface area contributed by atoms with Crippen molar-refractivity contribution in [3.63, 3.8) is 0 Å². The van der Waals surface area contributed by atoms with Crippen LogP contribution in [0.5, 0.6) is 11.5 Å². The van der Waals surface area contributed by atoms with Gasteiger partial charge in [0.05, 0.1) is 0 Å². The van der Waals surface area contributed by atoms with Crippen molar-refractivity contribution in [2.24, 2.45) is 11.1 Å². The van der Waals surface area contributed by atoms with Crippen LogP contribution in [0.15, 0.2) is 12.1 Å². The standard InChI is InChI=1S/C14H22N2O2/c1-10-6-12-13(18-9-17-12)7-11(10)16-8-14(2,3)4-5-15/h6-7,16H,4-5,8-9,15H2,1-3H3. The maximum absolute atomic E-state index is 5.62. The summed E-state index contributed by atoms with van der Waals surface area (Å²) >= 11 is 0. The van der Waals surface area contributed by atoms with Crippen molar-refractivity contribution in [3.8, 4) is 11.5 Å². The molecule has 1 aromatic carbocycles. The molecule has 4 heteroatoms. The van der Waals surface area contributed by atoms with Crippen LogP contribution in [0.25, 0.3) is 0 Å². The number of aryl methyl sites for hydroxylation is 1. The maximum Gasteiger partial charge on any atom is 0.231 e. The molecule has 0 aromatic heterocycles. The molecule has 0 spiro atoms. The fraction of sp³-hybridized carbons (Fsp3) is 0.571. The molecule has 100 valence electrons. The molecule has 0 amide bonds. The lowest BCUT2D eigenvalue weighted by Gasteiger charge is -2.25. The highest BCUT2D eigenvalue weighted by Crippen LogP contribution is 2.37. The molecule has 0 radical (unpaired) electrons. The molecular weight excluding hydrogens is 228 g/mol. The summed E-state index contributed by atoms with van der Waals surface area (Å²) in [7, 11) is 0. The van der Waals surface area contributed by atoms with Crippen LogP contribution >= 0.6 is 0 Å². The van der Waals surface area contributed by atoms with Gasteiger partial charge in [0.25, 0.3) is 0 Å². The average Bonchev–Trinajstić information content (AvgIpc) is 2.72. The second-order valence-electron chi connectivity index (χ2n) is 5.58. The van der Waals surface area contributed by atoms with Gasteiger partial charge < -0.3 is 20.5 Å². The van der Waals surface area contributed by atoms with E-state index in [0.717, 1.165) is 36.7 Å². The Morgan fingerprint density at radius 3 is 2.61 bits per heavy atom. The van der Waals surface area contributed by atoms with Gasteiger partial charge in [-0.2, -0.15) is 0 Å². The third-order valence-electron chi connectivity index (χ3n) is 3.30. The molecule has 0 saturated heterocycles. The van der Waals surface area contributed by atoms with E-state index < -0.39 is 0 Å². The van der Waals surface area contributed by atoms with Gasteiger partial charge in [0, 0.05) is 18.3 Å². The molecule has 0 fully saturated rings. The zero-order chi connectivity index (χ0) is 13.2. The predicted molar refractivity (Wildman–Crippen MR) is 73.2 cm³/mol. The van der Waals surface area contributed by atoms with Crippen LogP contribution in [-0.4, -0.2) is 19.9 Å². The summed E-state index contributed by atoms with van der Waals surface area (Å²) in [6, 6.07) is 4.02. The van der Waals surface area contributed by atoms with Crippen molar-refractivity contribution >= 4 is 5.69 Å². The molecule has 1 aromatic rings. The Morgan fingerprint density at radius 1 is 1.28 bits per heavy atom. The highest BCUT2D eigenvalue weighted by Gasteiger charge is 2.19. The Morgan fingerprint density at radius 2 is 1.94 bits per heavy atom. The Balaban J connectivity index is 2.06. The third kappa shape index (κ3) is 2.88. The quantitative estimate of drug-likeness (QED) is 0.843. The van der Waals surface area contributed by atoms with Crippen molar-refractivity contribution in [1.29, 1.82) is 0 Å². The summed E-state index contributed by atoms with van der Waals surface area (Å²) in [6.07, 6.45) is 1.00. The Bertz CT molecular complexity index is 430. The normalized spacial score (nSPS) is 13.8. The van der Waals surface area contributed by atoms with Crippen molar-refractivity contribution in [2.75, 3.05) is 25.2 Å². The SMILES string of the molecule is Cc1cc2c(cc1NCC(C)(C)CCN)OCO2. The number of hydrogen-bond donors (Lipinski definition) is 2. The Kier molecular flexibility index (Phi) is 3.66. The Hall–Kier alpha value is -1.42. The fourth-order valence-electron chi connectivity index (χ4n) is 2.05. The lowest BCUT2D eigenvalue weighted by Crippen LogP contribution is -2.26. The lowest BCUT2D eigenvalue weighted by molar-refractivity contribution is 0.174. The van der Waals surface area contributed by atoms with E-state index in [4.69, 9.17) is 15.2 Å². The molecule has 4 nitrogen and oxygen atoms in total. The molecular formula is C14H22N2O2. The van der Waals surface area contributed by atoms with Crippen LogP contribution in [0.4, 0.5) is 5.69 Å². The zero-order valence-electron chi connectivity index (χ0n) is 11.4. The van der Waals surface area contributed by atoms with E-state index in [1.165, 1.54) is 5.56 Å². The molecule has 1 heterocycles. The first-order valence-electron chi connectivity index (χ1n) is 6.36. The maximum atomic E-state index is 5.62. The highest BCUT2D eigenvalue weighted by atomic mass is 16.7. The smallest absolute Gasteiger partial charge is 0.231 e. The van der Waals surface area contributed by atoms with E-state index in [9.17, 15) is 0 Å². The molecule has 0 atom stereocenters. The summed E-state index contributed by atoms with van der Waals surface area (Å²) in [5, 5.41) is 3.48. The van der Waals surface area contributed by atoms with Crippen molar-refractivity contribution in [2.45, 2.75) is 27.2 Å². The van der Waals surface area contributed by atoms with E-state index >= 15 is 0 Å². The van der Waals surface area contributed by atoms with Crippen molar-refractivity contribution in [3.05, 3.63) is 17.7 Å². The second-order valence-corrected chi connectivity index (χ2v) is 5.58. The molecule has 3 N–H and O–H groups in total. The van der Waals surface area contributed by atoms with Crippen LogP contribution in [0.3, 0.4) is 0 Å². The molecule has 1 aliphatic rings. The van der Waals surface area contributed by atoms with E-state index in [2.05, 4.69) is 26.1 Å². The van der Waals surface area contributed by atoms with Gasteiger partial charge in [-0.3, -0.25) is 0 Å². The van der Waals surface area contributed by atoms with Crippen LogP contribution in [-0.2, 0) is 0 Å². The lowest BCUT2D eigenvalue weighted by atomic mass is 9.89. The molecule has 0 aliphatic carbocycles. The summed E-state index contributed by atoms with van der Waals surface area (Å²) in [5.74, 6) is 1.65. The third-order valence-corrected chi connectivity index (χ3v) is 3.30. The predicted octanol–water partition coefficient (Wildman–Crippen LogP) is 2.51. The largest absolute Gasteiger partial charge is 0.454 e. The van der Waals surface area contributed by atoms with E-state index in [-0.39, 0.29) is 5.41 Å². The van der Waals surface area contributed by atoms with Gasteiger partial charge in [-0.05, 0) is 36.9 Å². The van der Waals surface area contributed by atoms with Gasteiger partial charge in [-0.1, -0.05) is 13.8 Å². The van der Waals surface area contributed by atoms with Crippen LogP contribution in [0.2, 0.25) is 0 Å². The van der Waals surface area contributed by atoms with Crippen LogP contribution < -0.4 is 20.5 Å². The molecule has 1 aliphatic heterocycles. The minimum Gasteiger partial charge on any atom is -0.454 e. The summed E-state index contributed by atoms with van der Waals surface area (Å²) in [4.78, 5) is 0. The number of nitrogens with two attached hydrogens (primary N) is 1. The number of rotatable bonds is 5. The topological polar surface area (TPSA) is 56.5 Å². The highest BCUT2D eigenvalue weighted by molar-refractivity contribution is 5.60. The number of nitrogens with one attached hydrogen (secondary N) is 1. The van der Waals surface area contributed by atoms with Gasteiger partial charge in [-0.25, -0.2) is 0 Å². The number of hydrogen-bond acceptors (Lipinski definition) is 4. The summed E-state index contributed by atoms with van der Waals surface area (Å²) in [5.41, 5.74) is 8.09.